The van der Waals surface area contributed by atoms with Crippen LogP contribution in [0.5, 0.6) is 17.2 Å². The molecule has 0 spiro atoms. The first-order valence-corrected chi connectivity index (χ1v) is 49.7. The number of anilines is 5. The van der Waals surface area contributed by atoms with Crippen LogP contribution in [0, 0.1) is 12.3 Å². The number of alkyl halides is 1. The second-order valence-electron chi connectivity index (χ2n) is 33.7. The molecular weight excluding hydrogens is 1720 g/mol. The number of oxime groups is 2. The molecule has 2 aromatic heterocycles. The number of ether oxygens (including phenoxy) is 10. The fourth-order valence-electron chi connectivity index (χ4n) is 10.8. The van der Waals surface area contributed by atoms with E-state index in [1.54, 1.807) is 12.1 Å². The fraction of sp³-hybridized carbons (Fsp3) is 0.416. The minimum atomic E-state index is -1.70. The number of terminal acetylenes is 1. The smallest absolute Gasteiger partial charge is 0.192 e. The van der Waals surface area contributed by atoms with Gasteiger partial charge in [0, 0.05) is 150 Å². The van der Waals surface area contributed by atoms with E-state index in [1.807, 2.05) is 255 Å². The van der Waals surface area contributed by atoms with Crippen LogP contribution in [0.4, 0.5) is 32.8 Å². The molecule has 131 heavy (non-hydrogen) atoms. The van der Waals surface area contributed by atoms with Crippen molar-refractivity contribution in [2.24, 2.45) is 10.3 Å². The Morgan fingerprint density at radius 2 is 0.679 bits per heavy atom. The van der Waals surface area contributed by atoms with Crippen molar-refractivity contribution in [3.05, 3.63) is 229 Å². The largest absolute Gasteiger partial charge is 0.491 e. The Morgan fingerprint density at radius 1 is 0.405 bits per heavy atom. The lowest BCUT2D eigenvalue weighted by Crippen LogP contribution is -2.41. The van der Waals surface area contributed by atoms with E-state index >= 15 is 0 Å². The summed E-state index contributed by atoms with van der Waals surface area (Å²) in [5, 5.41) is 31.5. The molecule has 0 unspecified atom stereocenters. The summed E-state index contributed by atoms with van der Waals surface area (Å²) < 4.78 is 90.2. The van der Waals surface area contributed by atoms with Crippen molar-refractivity contribution in [2.45, 2.75) is 77.8 Å². The number of halogens is 2. The first-order valence-electron chi connectivity index (χ1n) is 43.5. The van der Waals surface area contributed by atoms with Gasteiger partial charge in [0.25, 0.3) is 0 Å². The van der Waals surface area contributed by atoms with Crippen LogP contribution in [0.3, 0.4) is 0 Å². The van der Waals surface area contributed by atoms with Gasteiger partial charge in [-0.05, 0) is 200 Å². The number of aromatic nitrogens is 2. The Labute approximate surface area is 783 Å². The molecule has 0 saturated carbocycles. The average molecular weight is 1860 g/mol. The Bertz CT molecular complexity index is 4830. The van der Waals surface area contributed by atoms with E-state index in [2.05, 4.69) is 128 Å². The van der Waals surface area contributed by atoms with Gasteiger partial charge in [0.15, 0.2) is 33.3 Å². The second-order valence-corrected chi connectivity index (χ2v) is 43.6. The van der Waals surface area contributed by atoms with E-state index in [0.717, 1.165) is 108 Å². The van der Waals surface area contributed by atoms with E-state index in [4.69, 9.17) is 93.7 Å². The molecule has 0 fully saturated rings. The minimum Gasteiger partial charge on any atom is -0.491 e. The summed E-state index contributed by atoms with van der Waals surface area (Å²) in [6.07, 6.45) is 7.56. The minimum absolute atomic E-state index is 0.102. The van der Waals surface area contributed by atoms with Gasteiger partial charge in [-0.15, -0.1) is 6.42 Å². The number of nitrogens with zero attached hydrogens (tertiary/aromatic N) is 9. The van der Waals surface area contributed by atoms with E-state index in [-0.39, 0.29) is 21.9 Å². The molecule has 10 aromatic rings. The van der Waals surface area contributed by atoms with Gasteiger partial charge < -0.3 is 100 Å². The maximum atomic E-state index is 11.9. The van der Waals surface area contributed by atoms with Gasteiger partial charge >= 0.3 is 0 Å². The summed E-state index contributed by atoms with van der Waals surface area (Å²) in [6, 6.07) is 65.7. The number of rotatable bonds is 46. The van der Waals surface area contributed by atoms with Crippen LogP contribution in [0.1, 0.15) is 68.6 Å². The zero-order valence-corrected chi connectivity index (χ0v) is 83.1. The molecule has 10 rings (SSSR count). The number of carbonyl (C=O) groups is 1. The van der Waals surface area contributed by atoms with E-state index < -0.39 is 23.3 Å². The summed E-state index contributed by atoms with van der Waals surface area (Å²) in [7, 11) is 16.5. The van der Waals surface area contributed by atoms with Crippen molar-refractivity contribution in [1.82, 2.24) is 10.3 Å². The highest BCUT2D eigenvalue weighted by atomic mass is 35.5. The first-order chi connectivity index (χ1) is 62.6. The highest BCUT2D eigenvalue weighted by Gasteiger charge is 2.38. The van der Waals surface area contributed by atoms with Gasteiger partial charge in [0.05, 0.1) is 112 Å². The van der Waals surface area contributed by atoms with Crippen molar-refractivity contribution in [3.63, 3.8) is 0 Å². The number of benzene rings is 8. The third-order valence-corrected chi connectivity index (χ3v) is 30.1. The molecule has 0 atom stereocenters. The third-order valence-electron chi connectivity index (χ3n) is 20.7. The molecule has 2 N–H and O–H groups in total. The quantitative estimate of drug-likeness (QED) is 0.00683. The summed E-state index contributed by atoms with van der Waals surface area (Å²) in [6.45, 7) is 31.5. The normalized spacial score (nSPS) is 11.4. The van der Waals surface area contributed by atoms with Crippen LogP contribution in [-0.4, -0.2) is 258 Å². The molecule has 8 aromatic carbocycles. The Hall–Kier alpha value is -11.0. The van der Waals surface area contributed by atoms with Crippen LogP contribution in [0.15, 0.2) is 226 Å². The van der Waals surface area contributed by atoms with Crippen molar-refractivity contribution < 1.29 is 84.9 Å². The van der Waals surface area contributed by atoms with Crippen molar-refractivity contribution in [1.29, 1.82) is 0 Å². The number of hydrogen-bond acceptors (Lipinski definition) is 26. The molecule has 0 amide bonds. The lowest BCUT2D eigenvalue weighted by molar-refractivity contribution is 0.00431. The lowest BCUT2D eigenvalue weighted by Gasteiger charge is -2.36. The molecule has 0 radical (unpaired) electrons. The summed E-state index contributed by atoms with van der Waals surface area (Å²) >= 11 is 5.61. The first kappa shape index (κ1) is 111. The predicted octanol–water partition coefficient (Wildman–Crippen LogP) is 20.3. The highest BCUT2D eigenvalue weighted by molar-refractivity contribution is 6.74. The molecule has 712 valence electrons. The van der Waals surface area contributed by atoms with Crippen LogP contribution >= 0.6 is 11.6 Å². The number of aldehydes is 1. The van der Waals surface area contributed by atoms with Crippen molar-refractivity contribution in [3.8, 4) is 74.8 Å². The summed E-state index contributed by atoms with van der Waals surface area (Å²) in [5.74, 6) is 6.30. The Kier molecular flexibility index (Phi) is 50.8. The maximum Gasteiger partial charge on any atom is 0.192 e. The number of hydrogen-bond donors (Lipinski definition) is 2. The van der Waals surface area contributed by atoms with E-state index in [0.29, 0.717) is 130 Å². The monoisotopic (exact) mass is 1860 g/mol. The molecule has 0 aliphatic rings. The molecule has 2 heterocycles. The maximum absolute atomic E-state index is 11.9. The van der Waals surface area contributed by atoms with E-state index in [1.165, 1.54) is 6.21 Å². The van der Waals surface area contributed by atoms with Crippen molar-refractivity contribution in [2.75, 3.05) is 227 Å². The van der Waals surface area contributed by atoms with Crippen LogP contribution < -0.4 is 38.7 Å². The zero-order chi connectivity index (χ0) is 96.0. The average Bonchev–Trinajstić information content (AvgIpc) is 1.61. The van der Waals surface area contributed by atoms with Gasteiger partial charge in [-0.25, -0.2) is 4.39 Å². The standard InChI is InChI=1S/C29H42N2O5Si.C23H27FN2O4.C22H36O5Si.C9H11ClN2O.C9H12N2O.C9H11NO/c1-29(2,3)37(6,7)35-21-19-33-17-16-32-18-20-34-26-14-10-24(11-15-26)28-22-27(30-36-28)23-8-12-25(13-9-23)31(4)5;1-26(2)20-7-3-18(4-8-20)22-17-23(30-25-22)19-5-9-21(10-6-19)29-16-15-28-14-13-27-12-11-24;1-7-20-8-10-21(11-9-20)26-18-16-24-14-12-23-13-15-25-17-19-27-28(5,6)22(2,3)4;1-12(2)8-5-3-7(4-6-8)9(10)11-13;1-11(2)9-5-3-8(4-6-9)7-10-12;1-10(2)9-5-3-8(7-11)4-6-9/h8-15,22H,16-21H2,1-7H3;3-10,17H,11-16H2,1-2H3;1,8-11H,12-19H2,2-6H3;3-6,13H,1-2H3;3-7,12H,1-2H3;3-7H,1-2H3/b;;;11-9-;10-7+;. The van der Waals surface area contributed by atoms with Gasteiger partial charge in [-0.3, -0.25) is 4.79 Å². The molecule has 30 heteroatoms. The lowest BCUT2D eigenvalue weighted by atomic mass is 10.1. The van der Waals surface area contributed by atoms with Gasteiger partial charge in [-0.2, -0.15) is 0 Å². The Balaban J connectivity index is 0.000000294. The molecule has 0 bridgehead atoms. The topological polar surface area (TPSA) is 261 Å². The van der Waals surface area contributed by atoms with Gasteiger partial charge in [0.1, 0.15) is 61.4 Å². The third kappa shape index (κ3) is 42.9. The summed E-state index contributed by atoms with van der Waals surface area (Å²) in [5.41, 5.74) is 14.2. The van der Waals surface area contributed by atoms with E-state index in [9.17, 15) is 9.18 Å². The van der Waals surface area contributed by atoms with Crippen molar-refractivity contribution >= 4 is 74.3 Å². The molecular formula is C101H139ClFN9O17Si2. The molecule has 0 aliphatic heterocycles. The Morgan fingerprint density at radius 3 is 0.962 bits per heavy atom. The molecule has 0 saturated heterocycles. The van der Waals surface area contributed by atoms with Gasteiger partial charge in [0.2, 0.25) is 0 Å². The number of carbonyl (C=O) groups excluding carboxylic acids is 1. The van der Waals surface area contributed by atoms with Crippen LogP contribution in [0.2, 0.25) is 36.3 Å². The van der Waals surface area contributed by atoms with Crippen LogP contribution in [-0.2, 0) is 42.0 Å². The second kappa shape index (κ2) is 60.2. The fourth-order valence-corrected chi connectivity index (χ4v) is 13.0. The van der Waals surface area contributed by atoms with Gasteiger partial charge in [-0.1, -0.05) is 116 Å². The summed E-state index contributed by atoms with van der Waals surface area (Å²) in [4.78, 5) is 20.4. The predicted molar refractivity (Wildman–Crippen MR) is 534 cm³/mol. The zero-order valence-electron chi connectivity index (χ0n) is 80.3. The molecule has 26 nitrogen and oxygen atoms in total. The SMILES string of the molecule is C#Cc1ccc(OCCOCCOCCOCCO[Si](C)(C)C(C)(C)C)cc1.CN(C)c1ccc(-c2cc(-c3ccc(OCCOCCOCCF)cc3)on2)cc1.CN(C)c1ccc(-c2cc(-c3ccc(OCCOCCOCCO[Si](C)(C)C(C)(C)C)cc3)on2)cc1.CN(C)c1ccc(/C(Cl)=N/O)cc1.CN(C)c1ccc(/C=N/O)cc1.CN(C)c1ccc(C=O)cc1. The van der Waals surface area contributed by atoms with Crippen LogP contribution in [0.25, 0.3) is 45.2 Å². The highest BCUT2D eigenvalue weighted by Crippen LogP contribution is 2.38. The molecule has 0 aliphatic carbocycles.